The Bertz CT molecular complexity index is 408. The summed E-state index contributed by atoms with van der Waals surface area (Å²) in [5.41, 5.74) is 0. The van der Waals surface area contributed by atoms with Crippen LogP contribution in [0, 0.1) is 0 Å². The van der Waals surface area contributed by atoms with Gasteiger partial charge in [-0.1, -0.05) is 0 Å². The number of carboxylic acid groups (broad SMARTS) is 1. The molecule has 1 aromatic heterocycles. The third-order valence-electron chi connectivity index (χ3n) is 1.74. The van der Waals surface area contributed by atoms with Crippen molar-refractivity contribution in [2.45, 2.75) is 18.7 Å². The van der Waals surface area contributed by atoms with Crippen LogP contribution in [-0.2, 0) is 22.4 Å². The number of carbonyl (C=O) groups excluding carboxylic acids is 1. The molecule has 1 heterocycles. The van der Waals surface area contributed by atoms with Gasteiger partial charge in [-0.25, -0.2) is 4.79 Å². The number of hydrogen-bond donors (Lipinski definition) is 2. The van der Waals surface area contributed by atoms with Crippen molar-refractivity contribution in [3.05, 3.63) is 5.82 Å². The number of aliphatic carboxylic acids is 1. The molecule has 0 radical (unpaired) electrons. The molecule has 0 saturated heterocycles. The molecule has 0 saturated carbocycles. The summed E-state index contributed by atoms with van der Waals surface area (Å²) in [4.78, 5) is 22.9. The Hall–Kier alpha value is -1.64. The van der Waals surface area contributed by atoms with Crippen molar-refractivity contribution in [3.63, 3.8) is 0 Å². The predicted molar refractivity (Wildman–Crippen MR) is 60.2 cm³/mol. The highest BCUT2D eigenvalue weighted by Crippen LogP contribution is 2.09. The second-order valence-corrected chi connectivity index (χ2v) is 4.33. The summed E-state index contributed by atoms with van der Waals surface area (Å²) >= 11 is 1.32. The van der Waals surface area contributed by atoms with E-state index in [1.165, 1.54) is 23.5 Å². The minimum absolute atomic E-state index is 0.257. The van der Waals surface area contributed by atoms with Gasteiger partial charge in [-0.05, 0) is 5.21 Å². The molecule has 2 N–H and O–H groups in total. The Balaban J connectivity index is 2.37. The number of carboxylic acids is 1. The highest BCUT2D eigenvalue weighted by atomic mass is 32.2. The van der Waals surface area contributed by atoms with E-state index in [4.69, 9.17) is 5.11 Å². The first-order valence-electron chi connectivity index (χ1n) is 4.79. The van der Waals surface area contributed by atoms with Gasteiger partial charge in [-0.3, -0.25) is 4.79 Å². The molecular weight excluding hydrogens is 246 g/mol. The summed E-state index contributed by atoms with van der Waals surface area (Å²) in [6.45, 7) is 1.28. The van der Waals surface area contributed by atoms with Crippen LogP contribution in [0.15, 0.2) is 0 Å². The van der Waals surface area contributed by atoms with Crippen LogP contribution in [0.25, 0.3) is 0 Å². The highest BCUT2D eigenvalue weighted by molar-refractivity contribution is 7.98. The molecule has 8 nitrogen and oxygen atoms in total. The standard InChI is InChI=1S/C8H13N5O3S/c1-5(14)9-6(8(15)16)3-17-4-7-10-12-13(2)11-7/h6H,3-4H2,1-2H3,(H,9,14)(H,15,16). The van der Waals surface area contributed by atoms with Crippen LogP contribution in [-0.4, -0.2) is 49.0 Å². The molecule has 0 aromatic carbocycles. The summed E-state index contributed by atoms with van der Waals surface area (Å²) in [6.07, 6.45) is 0. The van der Waals surface area contributed by atoms with E-state index in [0.29, 0.717) is 11.6 Å². The molecule has 17 heavy (non-hydrogen) atoms. The zero-order valence-corrected chi connectivity index (χ0v) is 10.3. The molecule has 0 aliphatic heterocycles. The lowest BCUT2D eigenvalue weighted by atomic mass is 10.3. The molecule has 94 valence electrons. The first-order chi connectivity index (χ1) is 7.99. The fourth-order valence-corrected chi connectivity index (χ4v) is 1.95. The fraction of sp³-hybridized carbons (Fsp3) is 0.625. The monoisotopic (exact) mass is 259 g/mol. The summed E-state index contributed by atoms with van der Waals surface area (Å²) in [5.74, 6) is -0.176. The van der Waals surface area contributed by atoms with Crippen molar-refractivity contribution in [2.24, 2.45) is 7.05 Å². The van der Waals surface area contributed by atoms with Crippen molar-refractivity contribution in [1.29, 1.82) is 0 Å². The Labute approximate surface area is 102 Å². The van der Waals surface area contributed by atoms with Crippen LogP contribution in [0.5, 0.6) is 0 Å². The summed E-state index contributed by atoms with van der Waals surface area (Å²) in [7, 11) is 1.65. The number of tetrazole rings is 1. The van der Waals surface area contributed by atoms with Gasteiger partial charge in [0.05, 0.1) is 12.8 Å². The molecule has 1 rings (SSSR count). The van der Waals surface area contributed by atoms with E-state index in [9.17, 15) is 9.59 Å². The van der Waals surface area contributed by atoms with Gasteiger partial charge in [0, 0.05) is 12.7 Å². The molecular formula is C8H13N5O3S. The third kappa shape index (κ3) is 4.81. The maximum atomic E-state index is 10.8. The minimum Gasteiger partial charge on any atom is -0.480 e. The van der Waals surface area contributed by atoms with Gasteiger partial charge in [0.1, 0.15) is 6.04 Å². The molecule has 0 spiro atoms. The van der Waals surface area contributed by atoms with Crippen molar-refractivity contribution in [2.75, 3.05) is 5.75 Å². The average molecular weight is 259 g/mol. The number of aromatic nitrogens is 4. The normalized spacial score (nSPS) is 12.1. The first kappa shape index (κ1) is 13.4. The van der Waals surface area contributed by atoms with E-state index in [0.717, 1.165) is 0 Å². The fourth-order valence-electron chi connectivity index (χ4n) is 1.07. The van der Waals surface area contributed by atoms with Gasteiger partial charge < -0.3 is 10.4 Å². The smallest absolute Gasteiger partial charge is 0.327 e. The average Bonchev–Trinajstić information content (AvgIpc) is 2.62. The minimum atomic E-state index is -1.06. The molecule has 9 heteroatoms. The zero-order valence-electron chi connectivity index (χ0n) is 9.45. The van der Waals surface area contributed by atoms with Crippen LogP contribution < -0.4 is 5.32 Å². The second kappa shape index (κ2) is 6.18. The van der Waals surface area contributed by atoms with Gasteiger partial charge in [0.2, 0.25) is 5.91 Å². The van der Waals surface area contributed by atoms with Gasteiger partial charge in [-0.2, -0.15) is 16.6 Å². The Morgan fingerprint density at radius 3 is 2.76 bits per heavy atom. The summed E-state index contributed by atoms with van der Waals surface area (Å²) in [6, 6.07) is -0.894. The van der Waals surface area contributed by atoms with Crippen molar-refractivity contribution >= 4 is 23.6 Å². The van der Waals surface area contributed by atoms with Crippen molar-refractivity contribution in [1.82, 2.24) is 25.5 Å². The molecule has 1 unspecified atom stereocenters. The predicted octanol–water partition coefficient (Wildman–Crippen LogP) is -0.967. The third-order valence-corrected chi connectivity index (χ3v) is 2.77. The lowest BCUT2D eigenvalue weighted by Gasteiger charge is -2.11. The maximum absolute atomic E-state index is 10.8. The van der Waals surface area contributed by atoms with E-state index >= 15 is 0 Å². The van der Waals surface area contributed by atoms with Crippen LogP contribution >= 0.6 is 11.8 Å². The number of carbonyl (C=O) groups is 2. The lowest BCUT2D eigenvalue weighted by molar-refractivity contribution is -0.140. The number of nitrogens with one attached hydrogen (secondary N) is 1. The number of nitrogens with zero attached hydrogens (tertiary/aromatic N) is 4. The Morgan fingerprint density at radius 1 is 1.59 bits per heavy atom. The molecule has 0 bridgehead atoms. The number of hydrogen-bond acceptors (Lipinski definition) is 6. The van der Waals surface area contributed by atoms with Gasteiger partial charge in [0.25, 0.3) is 0 Å². The van der Waals surface area contributed by atoms with E-state index in [2.05, 4.69) is 20.7 Å². The van der Waals surface area contributed by atoms with Crippen molar-refractivity contribution in [3.8, 4) is 0 Å². The first-order valence-corrected chi connectivity index (χ1v) is 5.95. The van der Waals surface area contributed by atoms with E-state index in [-0.39, 0.29) is 11.7 Å². The zero-order chi connectivity index (χ0) is 12.8. The molecule has 0 aliphatic carbocycles. The molecule has 0 aliphatic rings. The van der Waals surface area contributed by atoms with E-state index in [1.54, 1.807) is 7.05 Å². The number of amides is 1. The van der Waals surface area contributed by atoms with E-state index < -0.39 is 12.0 Å². The summed E-state index contributed by atoms with van der Waals surface area (Å²) in [5, 5.41) is 22.6. The number of thioether (sulfide) groups is 1. The topological polar surface area (TPSA) is 110 Å². The number of aryl methyl sites for hydroxylation is 1. The van der Waals surface area contributed by atoms with Crippen LogP contribution in [0.1, 0.15) is 12.7 Å². The second-order valence-electron chi connectivity index (χ2n) is 3.30. The van der Waals surface area contributed by atoms with Gasteiger partial charge in [0.15, 0.2) is 5.82 Å². The van der Waals surface area contributed by atoms with E-state index in [1.807, 2.05) is 0 Å². The molecule has 1 atom stereocenters. The van der Waals surface area contributed by atoms with Crippen LogP contribution in [0.2, 0.25) is 0 Å². The SMILES string of the molecule is CC(=O)NC(CSCc1nnn(C)n1)C(=O)O. The highest BCUT2D eigenvalue weighted by Gasteiger charge is 2.18. The molecule has 1 aromatic rings. The summed E-state index contributed by atoms with van der Waals surface area (Å²) < 4.78 is 0. The Kier molecular flexibility index (Phi) is 4.88. The number of rotatable bonds is 6. The van der Waals surface area contributed by atoms with Crippen molar-refractivity contribution < 1.29 is 14.7 Å². The van der Waals surface area contributed by atoms with Crippen LogP contribution in [0.3, 0.4) is 0 Å². The largest absolute Gasteiger partial charge is 0.480 e. The van der Waals surface area contributed by atoms with Gasteiger partial charge >= 0.3 is 5.97 Å². The molecule has 0 fully saturated rings. The maximum Gasteiger partial charge on any atom is 0.327 e. The molecule has 1 amide bonds. The van der Waals surface area contributed by atoms with Crippen LogP contribution in [0.4, 0.5) is 0 Å². The Morgan fingerprint density at radius 2 is 2.29 bits per heavy atom. The van der Waals surface area contributed by atoms with Gasteiger partial charge in [-0.15, -0.1) is 10.2 Å². The lowest BCUT2D eigenvalue weighted by Crippen LogP contribution is -2.41. The quantitative estimate of drug-likeness (QED) is 0.676.